The summed E-state index contributed by atoms with van der Waals surface area (Å²) >= 11 is 0. The number of methoxy groups -OCH3 is 1. The number of carbonyl (C=O) groups is 1. The van der Waals surface area contributed by atoms with Crippen LogP contribution in [0.1, 0.15) is 36.7 Å². The lowest BCUT2D eigenvalue weighted by Crippen LogP contribution is -2.24. The van der Waals surface area contributed by atoms with Gasteiger partial charge in [-0.15, -0.1) is 0 Å². The van der Waals surface area contributed by atoms with Gasteiger partial charge in [0.15, 0.2) is 17.3 Å². The van der Waals surface area contributed by atoms with Crippen LogP contribution >= 0.6 is 0 Å². The minimum Gasteiger partial charge on any atom is -0.383 e. The summed E-state index contributed by atoms with van der Waals surface area (Å²) in [5, 5.41) is 14.6. The molecule has 3 aromatic rings. The van der Waals surface area contributed by atoms with Crippen molar-refractivity contribution in [3.05, 3.63) is 36.2 Å². The Morgan fingerprint density at radius 3 is 2.67 bits per heavy atom. The Balaban J connectivity index is 1.93. The van der Waals surface area contributed by atoms with Crippen LogP contribution in [0.2, 0.25) is 0 Å². The second-order valence-corrected chi connectivity index (χ2v) is 6.97. The second-order valence-electron chi connectivity index (χ2n) is 6.97. The fraction of sp³-hybridized carbons (Fsp3) is 0.381. The maximum Gasteiger partial charge on any atom is 0.251 e. The summed E-state index contributed by atoms with van der Waals surface area (Å²) in [6, 6.07) is 9.28. The first-order valence-electron chi connectivity index (χ1n) is 9.78. The molecule has 1 amide bonds. The van der Waals surface area contributed by atoms with E-state index in [0.717, 1.165) is 11.2 Å². The van der Waals surface area contributed by atoms with Crippen LogP contribution in [0.3, 0.4) is 0 Å². The molecular formula is C21H25N7O2. The molecule has 9 heteroatoms. The summed E-state index contributed by atoms with van der Waals surface area (Å²) in [5.74, 6) is 0.971. The first kappa shape index (κ1) is 21.2. The van der Waals surface area contributed by atoms with E-state index in [0.29, 0.717) is 42.4 Å². The van der Waals surface area contributed by atoms with Crippen molar-refractivity contribution in [1.82, 2.24) is 24.8 Å². The highest BCUT2D eigenvalue weighted by Gasteiger charge is 2.16. The number of anilines is 1. The van der Waals surface area contributed by atoms with Crippen molar-refractivity contribution in [3.63, 3.8) is 0 Å². The summed E-state index contributed by atoms with van der Waals surface area (Å²) < 4.78 is 7.12. The number of benzene rings is 1. The highest BCUT2D eigenvalue weighted by molar-refractivity contribution is 5.94. The predicted molar refractivity (Wildman–Crippen MR) is 114 cm³/mol. The third-order valence-corrected chi connectivity index (χ3v) is 4.50. The van der Waals surface area contributed by atoms with Crippen LogP contribution < -0.4 is 10.6 Å². The molecule has 0 radical (unpaired) electrons. The van der Waals surface area contributed by atoms with E-state index in [2.05, 4.69) is 34.4 Å². The predicted octanol–water partition coefficient (Wildman–Crippen LogP) is 2.78. The van der Waals surface area contributed by atoms with Gasteiger partial charge in [-0.05, 0) is 26.0 Å². The molecule has 0 aliphatic rings. The van der Waals surface area contributed by atoms with Crippen molar-refractivity contribution in [1.29, 1.82) is 5.26 Å². The standard InChI is InChI=1S/C21H25N7O2/c1-14(2)28-13-25-17-19(23-11-12-30-3)26-18(27-20(17)28)15-5-7-16(8-6-15)21(29)24-10-4-9-22/h5-8,13-14H,4,10-12H2,1-3H3,(H,24,29)(H,23,26,27). The second kappa shape index (κ2) is 9.80. The Morgan fingerprint density at radius 2 is 2.00 bits per heavy atom. The number of rotatable bonds is 9. The summed E-state index contributed by atoms with van der Waals surface area (Å²) in [7, 11) is 1.65. The number of aromatic nitrogens is 4. The SMILES string of the molecule is COCCNc1nc(-c2ccc(C(=O)NCCC#N)cc2)nc2c1ncn2C(C)C. The molecule has 2 heterocycles. The van der Waals surface area contributed by atoms with Crippen LogP contribution in [-0.4, -0.2) is 52.2 Å². The van der Waals surface area contributed by atoms with Crippen LogP contribution in [0.5, 0.6) is 0 Å². The van der Waals surface area contributed by atoms with Gasteiger partial charge < -0.3 is 19.9 Å². The van der Waals surface area contributed by atoms with Crippen LogP contribution in [0, 0.1) is 11.3 Å². The number of hydrogen-bond acceptors (Lipinski definition) is 7. The number of nitrogens with one attached hydrogen (secondary N) is 2. The van der Waals surface area contributed by atoms with Gasteiger partial charge in [0.05, 0.1) is 25.4 Å². The highest BCUT2D eigenvalue weighted by Crippen LogP contribution is 2.26. The number of imidazole rings is 1. The molecule has 30 heavy (non-hydrogen) atoms. The van der Waals surface area contributed by atoms with Gasteiger partial charge in [0, 0.05) is 37.4 Å². The molecular weight excluding hydrogens is 382 g/mol. The zero-order valence-corrected chi connectivity index (χ0v) is 17.3. The minimum absolute atomic E-state index is 0.198. The normalized spacial score (nSPS) is 10.9. The molecule has 156 valence electrons. The average molecular weight is 407 g/mol. The molecule has 2 N–H and O–H groups in total. The van der Waals surface area contributed by atoms with Crippen LogP contribution in [0.4, 0.5) is 5.82 Å². The number of nitriles is 1. The van der Waals surface area contributed by atoms with Crippen molar-refractivity contribution in [2.24, 2.45) is 0 Å². The molecule has 1 aromatic carbocycles. The fourth-order valence-corrected chi connectivity index (χ4v) is 2.92. The zero-order chi connectivity index (χ0) is 21.5. The molecule has 0 saturated heterocycles. The van der Waals surface area contributed by atoms with Gasteiger partial charge in [0.2, 0.25) is 0 Å². The van der Waals surface area contributed by atoms with Gasteiger partial charge >= 0.3 is 0 Å². The van der Waals surface area contributed by atoms with Gasteiger partial charge in [-0.25, -0.2) is 15.0 Å². The quantitative estimate of drug-likeness (QED) is 0.524. The van der Waals surface area contributed by atoms with Crippen LogP contribution in [0.15, 0.2) is 30.6 Å². The van der Waals surface area contributed by atoms with Gasteiger partial charge in [0.1, 0.15) is 5.52 Å². The summed E-state index contributed by atoms with van der Waals surface area (Å²) in [6.45, 7) is 5.60. The van der Waals surface area contributed by atoms with E-state index >= 15 is 0 Å². The average Bonchev–Trinajstić information content (AvgIpc) is 3.18. The van der Waals surface area contributed by atoms with E-state index in [1.807, 2.05) is 22.8 Å². The van der Waals surface area contributed by atoms with Crippen LogP contribution in [-0.2, 0) is 4.74 Å². The van der Waals surface area contributed by atoms with Crippen molar-refractivity contribution in [2.45, 2.75) is 26.3 Å². The third-order valence-electron chi connectivity index (χ3n) is 4.50. The lowest BCUT2D eigenvalue weighted by atomic mass is 10.1. The van der Waals surface area contributed by atoms with E-state index < -0.39 is 0 Å². The molecule has 2 aromatic heterocycles. The molecule has 0 atom stereocenters. The Bertz CT molecular complexity index is 1050. The molecule has 0 saturated carbocycles. The molecule has 0 bridgehead atoms. The van der Waals surface area contributed by atoms with E-state index in [4.69, 9.17) is 15.0 Å². The Hall–Kier alpha value is -3.51. The zero-order valence-electron chi connectivity index (χ0n) is 17.3. The summed E-state index contributed by atoms with van der Waals surface area (Å²) in [5.41, 5.74) is 2.76. The van der Waals surface area contributed by atoms with Crippen molar-refractivity contribution >= 4 is 22.9 Å². The van der Waals surface area contributed by atoms with E-state index in [1.165, 1.54) is 0 Å². The van der Waals surface area contributed by atoms with Gasteiger partial charge in [-0.1, -0.05) is 12.1 Å². The van der Waals surface area contributed by atoms with Crippen molar-refractivity contribution in [3.8, 4) is 17.5 Å². The first-order valence-corrected chi connectivity index (χ1v) is 9.78. The fourth-order valence-electron chi connectivity index (χ4n) is 2.92. The monoisotopic (exact) mass is 407 g/mol. The molecule has 9 nitrogen and oxygen atoms in total. The highest BCUT2D eigenvalue weighted by atomic mass is 16.5. The Kier molecular flexibility index (Phi) is 6.93. The smallest absolute Gasteiger partial charge is 0.251 e. The Labute approximate surface area is 175 Å². The summed E-state index contributed by atoms with van der Waals surface area (Å²) in [4.78, 5) is 26.0. The van der Waals surface area contributed by atoms with E-state index in [1.54, 1.807) is 25.6 Å². The van der Waals surface area contributed by atoms with Gasteiger partial charge in [0.25, 0.3) is 5.91 Å². The Morgan fingerprint density at radius 1 is 1.23 bits per heavy atom. The van der Waals surface area contributed by atoms with E-state index in [9.17, 15) is 4.79 Å². The molecule has 0 fully saturated rings. The lowest BCUT2D eigenvalue weighted by molar-refractivity contribution is 0.0954. The number of hydrogen-bond donors (Lipinski definition) is 2. The maximum absolute atomic E-state index is 12.1. The number of fused-ring (bicyclic) bond motifs is 1. The van der Waals surface area contributed by atoms with Gasteiger partial charge in [-0.2, -0.15) is 5.26 Å². The minimum atomic E-state index is -0.215. The molecule has 0 aliphatic heterocycles. The molecule has 0 spiro atoms. The maximum atomic E-state index is 12.1. The summed E-state index contributed by atoms with van der Waals surface area (Å²) in [6.07, 6.45) is 2.05. The number of ether oxygens (including phenoxy) is 1. The van der Waals surface area contributed by atoms with Crippen molar-refractivity contribution in [2.75, 3.05) is 32.1 Å². The molecule has 0 unspecified atom stereocenters. The van der Waals surface area contributed by atoms with Crippen molar-refractivity contribution < 1.29 is 9.53 Å². The number of nitrogens with zero attached hydrogens (tertiary/aromatic N) is 5. The molecule has 3 rings (SSSR count). The molecule has 0 aliphatic carbocycles. The van der Waals surface area contributed by atoms with Crippen LogP contribution in [0.25, 0.3) is 22.6 Å². The largest absolute Gasteiger partial charge is 0.383 e. The number of amides is 1. The topological polar surface area (TPSA) is 118 Å². The third kappa shape index (κ3) is 4.72. The first-order chi connectivity index (χ1) is 14.5. The number of carbonyl (C=O) groups excluding carboxylic acids is 1. The van der Waals surface area contributed by atoms with E-state index in [-0.39, 0.29) is 18.4 Å². The van der Waals surface area contributed by atoms with Gasteiger partial charge in [-0.3, -0.25) is 4.79 Å². The lowest BCUT2D eigenvalue weighted by Gasteiger charge is -2.11.